The second kappa shape index (κ2) is 11.4. The van der Waals surface area contributed by atoms with E-state index < -0.39 is 6.04 Å². The number of phenols is 1. The molecule has 0 spiro atoms. The summed E-state index contributed by atoms with van der Waals surface area (Å²) in [4.78, 5) is 35.9. The number of amides is 1. The van der Waals surface area contributed by atoms with Crippen LogP contribution in [0.2, 0.25) is 10.2 Å². The van der Waals surface area contributed by atoms with Crippen molar-refractivity contribution >= 4 is 34.8 Å². The Bertz CT molecular complexity index is 1870. The maximum atomic E-state index is 13.7. The van der Waals surface area contributed by atoms with Gasteiger partial charge in [-0.25, -0.2) is 9.67 Å². The topological polar surface area (TPSA) is 128 Å². The van der Waals surface area contributed by atoms with Crippen LogP contribution >= 0.6 is 23.2 Å². The molecule has 0 saturated heterocycles. The predicted octanol–water partition coefficient (Wildman–Crippen LogP) is 5.91. The van der Waals surface area contributed by atoms with Gasteiger partial charge >= 0.3 is 0 Å². The van der Waals surface area contributed by atoms with E-state index in [1.807, 2.05) is 19.1 Å². The number of pyridine rings is 1. The van der Waals surface area contributed by atoms with Crippen molar-refractivity contribution < 1.29 is 9.90 Å². The summed E-state index contributed by atoms with van der Waals surface area (Å²) in [5.41, 5.74) is 4.06. The van der Waals surface area contributed by atoms with E-state index in [-0.39, 0.29) is 28.3 Å². The number of fused-ring (bicyclic) bond motifs is 4. The van der Waals surface area contributed by atoms with Gasteiger partial charge in [-0.15, -0.1) is 5.10 Å². The van der Waals surface area contributed by atoms with Crippen molar-refractivity contribution in [1.29, 1.82) is 0 Å². The summed E-state index contributed by atoms with van der Waals surface area (Å²) < 4.78 is 3.07. The molecule has 0 radical (unpaired) electrons. The van der Waals surface area contributed by atoms with Gasteiger partial charge in [-0.2, -0.15) is 0 Å². The molecule has 2 N–H and O–H groups in total. The number of hydrogen-bond donors (Lipinski definition) is 2. The van der Waals surface area contributed by atoms with Gasteiger partial charge in [-0.3, -0.25) is 19.1 Å². The summed E-state index contributed by atoms with van der Waals surface area (Å²) in [6.07, 6.45) is 6.58. The number of halogens is 2. The molecular formula is C30H25Cl2N7O3. The van der Waals surface area contributed by atoms with E-state index in [0.717, 1.165) is 11.1 Å². The van der Waals surface area contributed by atoms with Gasteiger partial charge < -0.3 is 10.4 Å². The lowest BCUT2D eigenvalue weighted by Gasteiger charge is -2.23. The Hall–Kier alpha value is -4.54. The van der Waals surface area contributed by atoms with E-state index in [1.54, 1.807) is 47.3 Å². The third kappa shape index (κ3) is 5.50. The average Bonchev–Trinajstić information content (AvgIpc) is 3.41. The third-order valence-electron chi connectivity index (χ3n) is 7.38. The second-order valence-corrected chi connectivity index (χ2v) is 11.0. The average molecular weight is 602 g/mol. The molecule has 12 heteroatoms. The van der Waals surface area contributed by atoms with Gasteiger partial charge in [-0.05, 0) is 60.9 Å². The number of nitrogens with zero attached hydrogens (tertiary/aromatic N) is 6. The standard InChI is InChI=1S/C30H25Cl2N7O3/c1-17-3-2-4-27(25-11-18(9-10-33-25)21-7-6-20(40)13-24(21)35-30(17)42)38-16-34-23(14-29(38)41)22-12-19(31)5-8-26(22)39-15-28(32)36-37-39/h5-17,27,40H,2-4H2,1H3,(H,35,42)/t17-,27+/m1/s1. The first-order valence-corrected chi connectivity index (χ1v) is 14.1. The zero-order chi connectivity index (χ0) is 29.4. The molecule has 2 atom stereocenters. The van der Waals surface area contributed by atoms with Crippen molar-refractivity contribution in [2.45, 2.75) is 32.2 Å². The van der Waals surface area contributed by atoms with Crippen LogP contribution in [0.5, 0.6) is 5.75 Å². The van der Waals surface area contributed by atoms with Gasteiger partial charge in [0, 0.05) is 40.4 Å². The minimum atomic E-state index is -0.429. The largest absolute Gasteiger partial charge is 0.508 e. The summed E-state index contributed by atoms with van der Waals surface area (Å²) in [7, 11) is 0. The van der Waals surface area contributed by atoms with Crippen molar-refractivity contribution in [1.82, 2.24) is 29.5 Å². The number of aromatic nitrogens is 6. The normalized spacial score (nSPS) is 17.1. The number of carbonyl (C=O) groups excluding carboxylic acids is 1. The highest BCUT2D eigenvalue weighted by atomic mass is 35.5. The fraction of sp³-hybridized carbons (Fsp3) is 0.200. The van der Waals surface area contributed by atoms with Crippen LogP contribution < -0.4 is 10.9 Å². The molecule has 1 amide bonds. The Morgan fingerprint density at radius 2 is 1.83 bits per heavy atom. The fourth-order valence-electron chi connectivity index (χ4n) is 5.19. The molecule has 0 fully saturated rings. The smallest absolute Gasteiger partial charge is 0.254 e. The molecule has 10 nitrogen and oxygen atoms in total. The number of benzene rings is 2. The highest BCUT2D eigenvalue weighted by molar-refractivity contribution is 6.31. The number of rotatable bonds is 3. The number of carbonyl (C=O) groups is 1. The SMILES string of the molecule is C[C@@H]1CCC[C@H](n2cnc(-c3cc(Cl)ccc3-n3cc(Cl)nn3)cc2=O)c2cc(ccn2)-c2ccc(O)cc2NC1=O. The molecule has 0 aliphatic carbocycles. The minimum absolute atomic E-state index is 0.0495. The van der Waals surface area contributed by atoms with Crippen molar-refractivity contribution in [2.75, 3.05) is 5.32 Å². The lowest BCUT2D eigenvalue weighted by Crippen LogP contribution is -2.27. The van der Waals surface area contributed by atoms with Crippen LogP contribution in [0.1, 0.15) is 37.9 Å². The van der Waals surface area contributed by atoms with Crippen LogP contribution in [-0.2, 0) is 4.79 Å². The molecule has 1 aliphatic heterocycles. The van der Waals surface area contributed by atoms with Crippen LogP contribution in [0, 0.1) is 5.92 Å². The summed E-state index contributed by atoms with van der Waals surface area (Å²) in [5.74, 6) is -0.369. The number of nitrogens with one attached hydrogen (secondary N) is 1. The second-order valence-electron chi connectivity index (χ2n) is 10.2. The fourth-order valence-corrected chi connectivity index (χ4v) is 5.48. The van der Waals surface area contributed by atoms with Gasteiger partial charge in [0.15, 0.2) is 5.15 Å². The highest BCUT2D eigenvalue weighted by Crippen LogP contribution is 2.35. The summed E-state index contributed by atoms with van der Waals surface area (Å²) in [6.45, 7) is 1.86. The van der Waals surface area contributed by atoms with Crippen molar-refractivity contribution in [3.63, 3.8) is 0 Å². The number of aromatic hydroxyl groups is 1. The highest BCUT2D eigenvalue weighted by Gasteiger charge is 2.23. The lowest BCUT2D eigenvalue weighted by molar-refractivity contribution is -0.119. The van der Waals surface area contributed by atoms with Gasteiger partial charge in [-0.1, -0.05) is 41.8 Å². The third-order valence-corrected chi connectivity index (χ3v) is 7.78. The molecule has 0 unspecified atom stereocenters. The number of hydrogen-bond acceptors (Lipinski definition) is 7. The van der Waals surface area contributed by atoms with E-state index in [9.17, 15) is 14.7 Å². The van der Waals surface area contributed by atoms with Crippen LogP contribution in [-0.4, -0.2) is 40.5 Å². The molecular weight excluding hydrogens is 577 g/mol. The minimum Gasteiger partial charge on any atom is -0.508 e. The molecule has 212 valence electrons. The van der Waals surface area contributed by atoms with Crippen LogP contribution in [0.3, 0.4) is 0 Å². The lowest BCUT2D eigenvalue weighted by atomic mass is 9.95. The van der Waals surface area contributed by atoms with E-state index >= 15 is 0 Å². The van der Waals surface area contributed by atoms with E-state index in [2.05, 4.69) is 25.6 Å². The molecule has 0 saturated carbocycles. The molecule has 3 aromatic heterocycles. The Balaban J connectivity index is 1.44. The quantitative estimate of drug-likeness (QED) is 0.263. The monoisotopic (exact) mass is 601 g/mol. The Morgan fingerprint density at radius 1 is 0.976 bits per heavy atom. The summed E-state index contributed by atoms with van der Waals surface area (Å²) in [6, 6.07) is 14.8. The molecule has 5 aromatic rings. The van der Waals surface area contributed by atoms with Crippen LogP contribution in [0.4, 0.5) is 5.69 Å². The predicted molar refractivity (Wildman–Crippen MR) is 160 cm³/mol. The van der Waals surface area contributed by atoms with Gasteiger partial charge in [0.25, 0.3) is 5.56 Å². The Kier molecular flexibility index (Phi) is 7.49. The van der Waals surface area contributed by atoms with Crippen molar-refractivity contribution in [2.24, 2.45) is 5.92 Å². The van der Waals surface area contributed by atoms with Gasteiger partial charge in [0.05, 0.1) is 41.3 Å². The molecule has 6 rings (SSSR count). The van der Waals surface area contributed by atoms with Crippen molar-refractivity contribution in [3.05, 3.63) is 99.5 Å². The maximum absolute atomic E-state index is 13.7. The Morgan fingerprint density at radius 3 is 2.62 bits per heavy atom. The first-order chi connectivity index (χ1) is 20.3. The van der Waals surface area contributed by atoms with Gasteiger partial charge in [0.2, 0.25) is 5.91 Å². The van der Waals surface area contributed by atoms with Gasteiger partial charge in [0.1, 0.15) is 5.75 Å². The number of anilines is 1. The molecule has 42 heavy (non-hydrogen) atoms. The molecule has 2 bridgehead atoms. The zero-order valence-corrected chi connectivity index (χ0v) is 23.9. The van der Waals surface area contributed by atoms with Crippen LogP contribution in [0.15, 0.2) is 78.1 Å². The van der Waals surface area contributed by atoms with E-state index in [1.165, 1.54) is 23.1 Å². The van der Waals surface area contributed by atoms with Crippen molar-refractivity contribution in [3.8, 4) is 33.8 Å². The summed E-state index contributed by atoms with van der Waals surface area (Å²) >= 11 is 12.3. The molecule has 2 aromatic carbocycles. The molecule has 4 heterocycles. The van der Waals surface area contributed by atoms with E-state index in [0.29, 0.717) is 52.6 Å². The zero-order valence-electron chi connectivity index (χ0n) is 22.4. The van der Waals surface area contributed by atoms with E-state index in [4.69, 9.17) is 23.2 Å². The maximum Gasteiger partial charge on any atom is 0.254 e. The number of phenolic OH excluding ortho intramolecular Hbond substituents is 1. The summed E-state index contributed by atoms with van der Waals surface area (Å²) in [5, 5.41) is 21.6. The first kappa shape index (κ1) is 27.6. The molecule has 1 aliphatic rings. The van der Waals surface area contributed by atoms with Crippen LogP contribution in [0.25, 0.3) is 28.1 Å². The Labute approximate surface area is 250 Å². The first-order valence-electron chi connectivity index (χ1n) is 13.3.